The van der Waals surface area contributed by atoms with Crippen LogP contribution in [0.15, 0.2) is 97.3 Å². The van der Waals surface area contributed by atoms with Gasteiger partial charge in [-0.15, -0.1) is 0 Å². The molecule has 1 heterocycles. The molecule has 3 aromatic carbocycles. The smallest absolute Gasteiger partial charge is 0.195 e. The van der Waals surface area contributed by atoms with Crippen molar-refractivity contribution in [3.05, 3.63) is 125 Å². The maximum Gasteiger partial charge on any atom is 0.195 e. The van der Waals surface area contributed by atoms with E-state index in [1.807, 2.05) is 84.9 Å². The van der Waals surface area contributed by atoms with E-state index in [9.17, 15) is 4.79 Å². The summed E-state index contributed by atoms with van der Waals surface area (Å²) in [6.07, 6.45) is 3.43. The molecule has 156 valence electrons. The van der Waals surface area contributed by atoms with Crippen molar-refractivity contribution in [2.75, 3.05) is 7.11 Å². The molecule has 0 fully saturated rings. The third kappa shape index (κ3) is 3.56. The molecule has 0 bridgehead atoms. The fraction of sp³-hybridized carbons (Fsp3) is 0.0714. The maximum atomic E-state index is 13.6. The van der Waals surface area contributed by atoms with Crippen LogP contribution >= 0.6 is 0 Å². The number of hydrogen-bond acceptors (Lipinski definition) is 4. The first kappa shape index (κ1) is 19.8. The number of carbonyl (C=O) groups excluding carboxylic acids is 1. The number of nitrogens with zero attached hydrogens (tertiary/aromatic N) is 1. The molecule has 4 heteroatoms. The van der Waals surface area contributed by atoms with Crippen molar-refractivity contribution < 1.29 is 14.3 Å². The molecule has 0 unspecified atom stereocenters. The van der Waals surface area contributed by atoms with Gasteiger partial charge in [-0.3, -0.25) is 9.78 Å². The summed E-state index contributed by atoms with van der Waals surface area (Å²) >= 11 is 0. The van der Waals surface area contributed by atoms with Crippen LogP contribution in [0.4, 0.5) is 0 Å². The normalized spacial score (nSPS) is 12.6. The highest BCUT2D eigenvalue weighted by Gasteiger charge is 2.33. The van der Waals surface area contributed by atoms with Gasteiger partial charge in [0.05, 0.1) is 7.11 Å². The summed E-state index contributed by atoms with van der Waals surface area (Å²) in [5, 5.41) is 0. The largest absolute Gasteiger partial charge is 0.496 e. The lowest BCUT2D eigenvalue weighted by atomic mass is 9.94. The molecule has 0 spiro atoms. The fourth-order valence-corrected chi connectivity index (χ4v) is 4.06. The van der Waals surface area contributed by atoms with Crippen LogP contribution in [0.25, 0.3) is 11.1 Å². The van der Waals surface area contributed by atoms with E-state index in [-0.39, 0.29) is 5.78 Å². The van der Waals surface area contributed by atoms with Crippen molar-refractivity contribution in [1.82, 2.24) is 4.98 Å². The summed E-state index contributed by atoms with van der Waals surface area (Å²) in [6, 6.07) is 27.2. The molecule has 1 aromatic heterocycles. The van der Waals surface area contributed by atoms with Crippen LogP contribution < -0.4 is 9.47 Å². The summed E-state index contributed by atoms with van der Waals surface area (Å²) in [5.74, 6) is 1.33. The van der Waals surface area contributed by atoms with Crippen LogP contribution in [0, 0.1) is 0 Å². The molecule has 1 aliphatic rings. The predicted molar refractivity (Wildman–Crippen MR) is 125 cm³/mol. The Balaban J connectivity index is 1.60. The summed E-state index contributed by atoms with van der Waals surface area (Å²) in [5.41, 5.74) is 5.69. The minimum absolute atomic E-state index is 0.0425. The summed E-state index contributed by atoms with van der Waals surface area (Å²) in [4.78, 5) is 17.9. The Labute approximate surface area is 186 Å². The van der Waals surface area contributed by atoms with Crippen molar-refractivity contribution in [3.63, 3.8) is 0 Å². The molecule has 0 atom stereocenters. The molecule has 4 nitrogen and oxygen atoms in total. The van der Waals surface area contributed by atoms with Gasteiger partial charge in [0.25, 0.3) is 0 Å². The monoisotopic (exact) mass is 419 g/mol. The van der Waals surface area contributed by atoms with E-state index in [2.05, 4.69) is 4.98 Å². The topological polar surface area (TPSA) is 48.4 Å². The van der Waals surface area contributed by atoms with Gasteiger partial charge in [-0.25, -0.2) is 0 Å². The second kappa shape index (κ2) is 8.52. The SMILES string of the molecule is COc1ccccc1C1=C(c2cccnc2)C(=O)c2cc(OCc3ccccc3)ccc21. The maximum absolute atomic E-state index is 13.6. The Morgan fingerprint density at radius 2 is 1.59 bits per heavy atom. The van der Waals surface area contributed by atoms with Crippen molar-refractivity contribution >= 4 is 16.9 Å². The zero-order valence-electron chi connectivity index (χ0n) is 17.6. The highest BCUT2D eigenvalue weighted by Crippen LogP contribution is 2.45. The molecule has 0 radical (unpaired) electrons. The first-order chi connectivity index (χ1) is 15.8. The number of allylic oxidation sites excluding steroid dienone is 1. The van der Waals surface area contributed by atoms with Gasteiger partial charge in [-0.2, -0.15) is 0 Å². The number of benzene rings is 3. The average Bonchev–Trinajstić information content (AvgIpc) is 3.15. The molecule has 32 heavy (non-hydrogen) atoms. The van der Waals surface area contributed by atoms with Crippen LogP contribution in [-0.2, 0) is 6.61 Å². The minimum atomic E-state index is -0.0425. The highest BCUT2D eigenvalue weighted by atomic mass is 16.5. The quantitative estimate of drug-likeness (QED) is 0.395. The number of rotatable bonds is 6. The second-order valence-corrected chi connectivity index (χ2v) is 7.50. The first-order valence-electron chi connectivity index (χ1n) is 10.4. The van der Waals surface area contributed by atoms with Gasteiger partial charge in [0, 0.05) is 40.2 Å². The molecule has 0 N–H and O–H groups in total. The molecule has 4 aromatic rings. The van der Waals surface area contributed by atoms with E-state index < -0.39 is 0 Å². The first-order valence-corrected chi connectivity index (χ1v) is 10.4. The molecule has 0 saturated carbocycles. The Kier molecular flexibility index (Phi) is 5.26. The number of para-hydroxylation sites is 1. The Hall–Kier alpha value is -4.18. The molecule has 0 amide bonds. The van der Waals surface area contributed by atoms with Crippen LogP contribution in [0.5, 0.6) is 11.5 Å². The minimum Gasteiger partial charge on any atom is -0.496 e. The summed E-state index contributed by atoms with van der Waals surface area (Å²) < 4.78 is 11.6. The zero-order valence-corrected chi connectivity index (χ0v) is 17.6. The summed E-state index contributed by atoms with van der Waals surface area (Å²) in [7, 11) is 1.64. The van der Waals surface area contributed by atoms with Gasteiger partial charge in [0.2, 0.25) is 0 Å². The number of Topliss-reactive ketones (excluding diaryl/α,β-unsaturated/α-hetero) is 1. The Bertz CT molecular complexity index is 1310. The highest BCUT2D eigenvalue weighted by molar-refractivity contribution is 6.41. The van der Waals surface area contributed by atoms with Crippen molar-refractivity contribution in [3.8, 4) is 11.5 Å². The van der Waals surface area contributed by atoms with Gasteiger partial charge >= 0.3 is 0 Å². The Morgan fingerprint density at radius 3 is 2.38 bits per heavy atom. The van der Waals surface area contributed by atoms with E-state index in [1.165, 1.54) is 0 Å². The second-order valence-electron chi connectivity index (χ2n) is 7.50. The average molecular weight is 419 g/mol. The molecule has 1 aliphatic carbocycles. The predicted octanol–water partition coefficient (Wildman–Crippen LogP) is 5.82. The van der Waals surface area contributed by atoms with Crippen LogP contribution in [0.1, 0.15) is 32.6 Å². The lowest BCUT2D eigenvalue weighted by molar-refractivity contribution is 0.105. The number of aromatic nitrogens is 1. The third-order valence-corrected chi connectivity index (χ3v) is 5.56. The van der Waals surface area contributed by atoms with E-state index in [1.54, 1.807) is 19.5 Å². The van der Waals surface area contributed by atoms with E-state index in [0.717, 1.165) is 27.8 Å². The van der Waals surface area contributed by atoms with Crippen molar-refractivity contribution in [2.45, 2.75) is 6.61 Å². The number of ether oxygens (including phenoxy) is 2. The van der Waals surface area contributed by atoms with Gasteiger partial charge in [-0.05, 0) is 41.5 Å². The fourth-order valence-electron chi connectivity index (χ4n) is 4.06. The molecule has 5 rings (SSSR count). The lowest BCUT2D eigenvalue weighted by Crippen LogP contribution is -2.00. The molecular formula is C28H21NO3. The zero-order chi connectivity index (χ0) is 21.9. The number of hydrogen-bond donors (Lipinski definition) is 0. The van der Waals surface area contributed by atoms with Crippen molar-refractivity contribution in [1.29, 1.82) is 0 Å². The lowest BCUT2D eigenvalue weighted by Gasteiger charge is -2.13. The third-order valence-electron chi connectivity index (χ3n) is 5.56. The van der Waals surface area contributed by atoms with Gasteiger partial charge in [0.1, 0.15) is 18.1 Å². The summed E-state index contributed by atoms with van der Waals surface area (Å²) in [6.45, 7) is 0.441. The van der Waals surface area contributed by atoms with Gasteiger partial charge < -0.3 is 9.47 Å². The number of methoxy groups -OCH3 is 1. The van der Waals surface area contributed by atoms with Gasteiger partial charge in [-0.1, -0.05) is 54.6 Å². The van der Waals surface area contributed by atoms with E-state index in [0.29, 0.717) is 29.2 Å². The molecule has 0 saturated heterocycles. The van der Waals surface area contributed by atoms with Gasteiger partial charge in [0.15, 0.2) is 5.78 Å². The standard InChI is InChI=1S/C28H21NO3/c1-31-25-12-6-5-11-23(25)27-22-14-13-21(32-18-19-8-3-2-4-9-19)16-24(22)28(30)26(27)20-10-7-15-29-17-20/h2-17H,18H2,1H3. The van der Waals surface area contributed by atoms with Crippen LogP contribution in [0.3, 0.4) is 0 Å². The van der Waals surface area contributed by atoms with Crippen molar-refractivity contribution in [2.24, 2.45) is 0 Å². The molecular weight excluding hydrogens is 398 g/mol. The Morgan fingerprint density at radius 1 is 0.781 bits per heavy atom. The van der Waals surface area contributed by atoms with Crippen LogP contribution in [-0.4, -0.2) is 17.9 Å². The van der Waals surface area contributed by atoms with Crippen LogP contribution in [0.2, 0.25) is 0 Å². The van der Waals surface area contributed by atoms with E-state index in [4.69, 9.17) is 9.47 Å². The van der Waals surface area contributed by atoms with E-state index >= 15 is 0 Å². The molecule has 0 aliphatic heterocycles. The number of pyridine rings is 1. The number of ketones is 1. The number of carbonyl (C=O) groups is 1. The number of fused-ring (bicyclic) bond motifs is 1.